The first kappa shape index (κ1) is 9.62. The van der Waals surface area contributed by atoms with Gasteiger partial charge in [0.15, 0.2) is 5.78 Å². The van der Waals surface area contributed by atoms with Crippen LogP contribution in [0.2, 0.25) is 0 Å². The number of ether oxygens (including phenoxy) is 1. The zero-order chi connectivity index (χ0) is 8.85. The molecule has 0 spiro atoms. The van der Waals surface area contributed by atoms with Gasteiger partial charge in [-0.1, -0.05) is 13.2 Å². The van der Waals surface area contributed by atoms with Crippen molar-refractivity contribution >= 4 is 11.7 Å². The summed E-state index contributed by atoms with van der Waals surface area (Å²) in [6, 6.07) is 0. The monoisotopic (exact) mass is 153 g/mol. The van der Waals surface area contributed by atoms with Gasteiger partial charge in [0, 0.05) is 6.20 Å². The number of hydrogen-bond acceptors (Lipinski definition) is 3. The highest BCUT2D eigenvalue weighted by atomic mass is 16.5. The predicted molar refractivity (Wildman–Crippen MR) is 44.5 cm³/mol. The Morgan fingerprint density at radius 3 is 2.45 bits per heavy atom. The van der Waals surface area contributed by atoms with Gasteiger partial charge in [0.2, 0.25) is 5.90 Å². The van der Waals surface area contributed by atoms with Gasteiger partial charge in [-0.2, -0.15) is 0 Å². The van der Waals surface area contributed by atoms with Crippen molar-refractivity contribution in [1.29, 1.82) is 0 Å². The molecule has 0 rings (SSSR count). The van der Waals surface area contributed by atoms with Crippen molar-refractivity contribution in [2.75, 3.05) is 7.11 Å². The molecule has 0 bridgehead atoms. The SMILES string of the molecule is C=CN=C(OC)C(=C)C(C)=O. The molecule has 0 unspecified atom stereocenters. The minimum atomic E-state index is -0.160. The Balaban J connectivity index is 4.51. The quantitative estimate of drug-likeness (QED) is 0.348. The molecule has 0 aliphatic rings. The number of hydrogen-bond donors (Lipinski definition) is 0. The van der Waals surface area contributed by atoms with Crippen LogP contribution in [0.1, 0.15) is 6.92 Å². The van der Waals surface area contributed by atoms with Crippen molar-refractivity contribution < 1.29 is 9.53 Å². The summed E-state index contributed by atoms with van der Waals surface area (Å²) in [5.74, 6) is 0.0555. The molecular formula is C8H11NO2. The average Bonchev–Trinajstić information content (AvgIpc) is 1.98. The number of nitrogens with zero attached hydrogens (tertiary/aromatic N) is 1. The molecule has 0 saturated carbocycles. The maximum atomic E-state index is 10.7. The molecule has 0 saturated heterocycles. The summed E-state index contributed by atoms with van der Waals surface area (Å²) in [4.78, 5) is 14.4. The number of carbonyl (C=O) groups is 1. The Morgan fingerprint density at radius 2 is 2.18 bits per heavy atom. The number of ketones is 1. The largest absolute Gasteiger partial charge is 0.480 e. The van der Waals surface area contributed by atoms with Crippen molar-refractivity contribution in [3.05, 3.63) is 24.9 Å². The standard InChI is InChI=1S/C8H11NO2/c1-5-9-8(11-4)6(2)7(3)10/h5H,1-2H2,3-4H3. The maximum absolute atomic E-state index is 10.7. The van der Waals surface area contributed by atoms with Gasteiger partial charge in [0.1, 0.15) is 0 Å². The molecule has 0 amide bonds. The highest BCUT2D eigenvalue weighted by molar-refractivity contribution is 6.17. The normalized spacial score (nSPS) is 10.5. The molecule has 60 valence electrons. The minimum absolute atomic E-state index is 0.160. The first-order chi connectivity index (χ1) is 5.13. The van der Waals surface area contributed by atoms with Crippen LogP contribution in [-0.4, -0.2) is 18.8 Å². The first-order valence-corrected chi connectivity index (χ1v) is 3.06. The van der Waals surface area contributed by atoms with Crippen LogP contribution in [0, 0.1) is 0 Å². The van der Waals surface area contributed by atoms with Crippen LogP contribution in [0.3, 0.4) is 0 Å². The fraction of sp³-hybridized carbons (Fsp3) is 0.250. The number of Topliss-reactive ketones (excluding diaryl/α,β-unsaturated/α-hetero) is 1. The highest BCUT2D eigenvalue weighted by Crippen LogP contribution is 1.97. The minimum Gasteiger partial charge on any atom is -0.480 e. The Hall–Kier alpha value is -1.38. The summed E-state index contributed by atoms with van der Waals surface area (Å²) in [6.45, 7) is 8.26. The number of carbonyl (C=O) groups excluding carboxylic acids is 1. The van der Waals surface area contributed by atoms with Crippen molar-refractivity contribution in [2.45, 2.75) is 6.92 Å². The third kappa shape index (κ3) is 2.80. The van der Waals surface area contributed by atoms with Gasteiger partial charge in [-0.25, -0.2) is 4.99 Å². The van der Waals surface area contributed by atoms with E-state index in [0.29, 0.717) is 0 Å². The highest BCUT2D eigenvalue weighted by Gasteiger charge is 2.07. The van der Waals surface area contributed by atoms with E-state index in [2.05, 4.69) is 18.2 Å². The van der Waals surface area contributed by atoms with Crippen LogP contribution in [-0.2, 0) is 9.53 Å². The number of rotatable bonds is 3. The lowest BCUT2D eigenvalue weighted by Crippen LogP contribution is -2.10. The second kappa shape index (κ2) is 4.44. The Morgan fingerprint density at radius 1 is 1.64 bits per heavy atom. The molecule has 0 radical (unpaired) electrons. The lowest BCUT2D eigenvalue weighted by atomic mass is 10.2. The lowest BCUT2D eigenvalue weighted by molar-refractivity contribution is -0.113. The lowest BCUT2D eigenvalue weighted by Gasteiger charge is -2.02. The summed E-state index contributed by atoms with van der Waals surface area (Å²) < 4.78 is 4.77. The van der Waals surface area contributed by atoms with Crippen LogP contribution in [0.4, 0.5) is 0 Å². The summed E-state index contributed by atoms with van der Waals surface area (Å²) in [5.41, 5.74) is 0.257. The zero-order valence-corrected chi connectivity index (χ0v) is 6.76. The van der Waals surface area contributed by atoms with Crippen LogP contribution in [0.25, 0.3) is 0 Å². The van der Waals surface area contributed by atoms with E-state index < -0.39 is 0 Å². The van der Waals surface area contributed by atoms with Crippen molar-refractivity contribution in [3.63, 3.8) is 0 Å². The number of methoxy groups -OCH3 is 1. The third-order valence-corrected chi connectivity index (χ3v) is 1.09. The molecular weight excluding hydrogens is 142 g/mol. The second-order valence-corrected chi connectivity index (χ2v) is 1.86. The predicted octanol–water partition coefficient (Wildman–Crippen LogP) is 1.32. The smallest absolute Gasteiger partial charge is 0.223 e. The molecule has 0 aromatic heterocycles. The van der Waals surface area contributed by atoms with E-state index in [1.807, 2.05) is 0 Å². The molecule has 0 aliphatic heterocycles. The first-order valence-electron chi connectivity index (χ1n) is 3.06. The Kier molecular flexibility index (Phi) is 3.88. The molecule has 0 aromatic rings. The van der Waals surface area contributed by atoms with Crippen molar-refractivity contribution in [1.82, 2.24) is 0 Å². The molecule has 0 atom stereocenters. The van der Waals surface area contributed by atoms with Crippen molar-refractivity contribution in [3.8, 4) is 0 Å². The third-order valence-electron chi connectivity index (χ3n) is 1.09. The van der Waals surface area contributed by atoms with Crippen LogP contribution < -0.4 is 0 Å². The summed E-state index contributed by atoms with van der Waals surface area (Å²) in [6.07, 6.45) is 1.30. The molecule has 3 heteroatoms. The van der Waals surface area contributed by atoms with Crippen LogP contribution in [0.15, 0.2) is 29.9 Å². The summed E-state index contributed by atoms with van der Waals surface area (Å²) in [7, 11) is 1.43. The van der Waals surface area contributed by atoms with E-state index >= 15 is 0 Å². The zero-order valence-electron chi connectivity index (χ0n) is 6.76. The molecule has 0 N–H and O–H groups in total. The molecule has 0 fully saturated rings. The van der Waals surface area contributed by atoms with Gasteiger partial charge in [0.05, 0.1) is 12.7 Å². The van der Waals surface area contributed by atoms with E-state index in [9.17, 15) is 4.79 Å². The summed E-state index contributed by atoms with van der Waals surface area (Å²) in [5, 5.41) is 0. The van der Waals surface area contributed by atoms with E-state index in [0.717, 1.165) is 0 Å². The van der Waals surface area contributed by atoms with Gasteiger partial charge < -0.3 is 4.74 Å². The number of aliphatic imine (C=N–C) groups is 1. The average molecular weight is 153 g/mol. The topological polar surface area (TPSA) is 38.7 Å². The van der Waals surface area contributed by atoms with Gasteiger partial charge in [-0.15, -0.1) is 0 Å². The van der Waals surface area contributed by atoms with E-state index in [-0.39, 0.29) is 17.3 Å². The molecule has 3 nitrogen and oxygen atoms in total. The summed E-state index contributed by atoms with van der Waals surface area (Å²) >= 11 is 0. The van der Waals surface area contributed by atoms with Gasteiger partial charge >= 0.3 is 0 Å². The van der Waals surface area contributed by atoms with Crippen LogP contribution >= 0.6 is 0 Å². The molecule has 0 aliphatic carbocycles. The fourth-order valence-corrected chi connectivity index (χ4v) is 0.487. The maximum Gasteiger partial charge on any atom is 0.223 e. The second-order valence-electron chi connectivity index (χ2n) is 1.86. The van der Waals surface area contributed by atoms with Gasteiger partial charge in [0.25, 0.3) is 0 Å². The molecule has 0 heterocycles. The van der Waals surface area contributed by atoms with E-state index in [4.69, 9.17) is 4.74 Å². The van der Waals surface area contributed by atoms with Gasteiger partial charge in [-0.05, 0) is 6.92 Å². The van der Waals surface area contributed by atoms with E-state index in [1.165, 1.54) is 20.2 Å². The molecule has 11 heavy (non-hydrogen) atoms. The Bertz CT molecular complexity index is 216. The van der Waals surface area contributed by atoms with Gasteiger partial charge in [-0.3, -0.25) is 4.79 Å². The van der Waals surface area contributed by atoms with Crippen molar-refractivity contribution in [2.24, 2.45) is 4.99 Å². The van der Waals surface area contributed by atoms with E-state index in [1.54, 1.807) is 0 Å². The molecule has 0 aromatic carbocycles. The fourth-order valence-electron chi connectivity index (χ4n) is 0.487. The van der Waals surface area contributed by atoms with Crippen LogP contribution in [0.5, 0.6) is 0 Å². The Labute approximate surface area is 66.1 Å².